The molecule has 17 heavy (non-hydrogen) atoms. The Bertz CT molecular complexity index is 429. The third kappa shape index (κ3) is 2.83. The Labute approximate surface area is 102 Å². The van der Waals surface area contributed by atoms with Crippen LogP contribution in [0.4, 0.5) is 0 Å². The number of aliphatic hydroxyl groups is 1. The maximum absolute atomic E-state index is 11.4. The molecule has 1 aromatic carbocycles. The van der Waals surface area contributed by atoms with Crippen molar-refractivity contribution in [1.82, 2.24) is 0 Å². The second-order valence-corrected chi connectivity index (χ2v) is 4.70. The van der Waals surface area contributed by atoms with Gasteiger partial charge in [-0.25, -0.2) is 0 Å². The fraction of sp³-hybridized carbons (Fsp3) is 0.400. The molecule has 2 rings (SSSR count). The van der Waals surface area contributed by atoms with Crippen LogP contribution in [0.1, 0.15) is 43.2 Å². The van der Waals surface area contributed by atoms with Crippen molar-refractivity contribution < 1.29 is 9.90 Å². The van der Waals surface area contributed by atoms with Gasteiger partial charge in [-0.15, -0.1) is 0 Å². The summed E-state index contributed by atoms with van der Waals surface area (Å²) < 4.78 is 0. The predicted octanol–water partition coefficient (Wildman–Crippen LogP) is 2.92. The molecule has 1 unspecified atom stereocenters. The molecule has 0 saturated carbocycles. The Morgan fingerprint density at radius 3 is 2.53 bits per heavy atom. The highest BCUT2D eigenvalue weighted by atomic mass is 16.3. The van der Waals surface area contributed by atoms with Gasteiger partial charge in [-0.3, -0.25) is 4.79 Å². The Balaban J connectivity index is 2.20. The zero-order valence-corrected chi connectivity index (χ0v) is 10.1. The van der Waals surface area contributed by atoms with Gasteiger partial charge in [-0.2, -0.15) is 0 Å². The van der Waals surface area contributed by atoms with Crippen molar-refractivity contribution in [2.45, 2.75) is 32.1 Å². The van der Waals surface area contributed by atoms with Crippen molar-refractivity contribution >= 4 is 11.4 Å². The van der Waals surface area contributed by atoms with Gasteiger partial charge < -0.3 is 5.11 Å². The van der Waals surface area contributed by atoms with Crippen molar-refractivity contribution in [3.8, 4) is 0 Å². The van der Waals surface area contributed by atoms with Crippen molar-refractivity contribution in [3.63, 3.8) is 0 Å². The number of allylic oxidation sites excluding steroid dienone is 2. The molecule has 1 N–H and O–H groups in total. The number of carbonyl (C=O) groups is 1. The number of aliphatic hydroxyl groups excluding tert-OH is 1. The molecule has 1 atom stereocenters. The van der Waals surface area contributed by atoms with Gasteiger partial charge in [0, 0.05) is 18.9 Å². The summed E-state index contributed by atoms with van der Waals surface area (Å²) in [6.07, 6.45) is 4.40. The minimum absolute atomic E-state index is 0.167. The van der Waals surface area contributed by atoms with Gasteiger partial charge in [-0.1, -0.05) is 31.2 Å². The van der Waals surface area contributed by atoms with Gasteiger partial charge in [0.05, 0.1) is 0 Å². The van der Waals surface area contributed by atoms with Gasteiger partial charge >= 0.3 is 0 Å². The molecule has 0 amide bonds. The molecule has 0 aromatic heterocycles. The van der Waals surface area contributed by atoms with Gasteiger partial charge in [0.1, 0.15) is 0 Å². The lowest BCUT2D eigenvalue weighted by molar-refractivity contribution is -0.114. The van der Waals surface area contributed by atoms with Crippen LogP contribution >= 0.6 is 0 Å². The van der Waals surface area contributed by atoms with E-state index in [0.717, 1.165) is 29.5 Å². The standard InChI is InChI=1S/C15H18O2/c1-11(10-16)12-5-7-13(8-6-12)14-3-2-4-15(17)9-14/h5-9,11,16H,2-4,10H2,1H3. The van der Waals surface area contributed by atoms with Crippen molar-refractivity contribution in [3.05, 3.63) is 41.5 Å². The van der Waals surface area contributed by atoms with Crippen LogP contribution < -0.4 is 0 Å². The molecule has 0 saturated heterocycles. The quantitative estimate of drug-likeness (QED) is 0.866. The Kier molecular flexibility index (Phi) is 3.75. The molecular formula is C15H18O2. The average molecular weight is 230 g/mol. The maximum Gasteiger partial charge on any atom is 0.155 e. The lowest BCUT2D eigenvalue weighted by atomic mass is 9.91. The van der Waals surface area contributed by atoms with Crippen LogP contribution in [0.15, 0.2) is 30.3 Å². The number of hydrogen-bond donors (Lipinski definition) is 1. The van der Waals surface area contributed by atoms with E-state index in [-0.39, 0.29) is 18.3 Å². The summed E-state index contributed by atoms with van der Waals surface area (Å²) in [6.45, 7) is 2.17. The summed E-state index contributed by atoms with van der Waals surface area (Å²) in [6, 6.07) is 8.17. The first-order valence-electron chi connectivity index (χ1n) is 6.15. The van der Waals surface area contributed by atoms with Gasteiger partial charge in [0.15, 0.2) is 5.78 Å². The highest BCUT2D eigenvalue weighted by molar-refractivity contribution is 5.98. The molecule has 2 nitrogen and oxygen atoms in total. The molecule has 0 radical (unpaired) electrons. The van der Waals surface area contributed by atoms with Gasteiger partial charge in [-0.05, 0) is 35.6 Å². The second kappa shape index (κ2) is 5.28. The first kappa shape index (κ1) is 12.1. The minimum Gasteiger partial charge on any atom is -0.396 e. The Hall–Kier alpha value is -1.41. The Morgan fingerprint density at radius 1 is 1.24 bits per heavy atom. The summed E-state index contributed by atoms with van der Waals surface area (Å²) in [5, 5.41) is 9.08. The summed E-state index contributed by atoms with van der Waals surface area (Å²) in [5.41, 5.74) is 3.41. The highest BCUT2D eigenvalue weighted by Crippen LogP contribution is 2.26. The number of benzene rings is 1. The monoisotopic (exact) mass is 230 g/mol. The first-order chi connectivity index (χ1) is 8.20. The topological polar surface area (TPSA) is 37.3 Å². The molecule has 1 aliphatic carbocycles. The molecule has 2 heteroatoms. The highest BCUT2D eigenvalue weighted by Gasteiger charge is 2.12. The number of rotatable bonds is 3. The molecular weight excluding hydrogens is 212 g/mol. The van der Waals surface area contributed by atoms with Crippen LogP contribution in [0.25, 0.3) is 5.57 Å². The minimum atomic E-state index is 0.167. The van der Waals surface area contributed by atoms with E-state index < -0.39 is 0 Å². The summed E-state index contributed by atoms with van der Waals surface area (Å²) in [4.78, 5) is 11.4. The number of ketones is 1. The molecule has 1 aliphatic rings. The zero-order chi connectivity index (χ0) is 12.3. The summed E-state index contributed by atoms with van der Waals surface area (Å²) in [5.74, 6) is 0.407. The molecule has 0 spiro atoms. The summed E-state index contributed by atoms with van der Waals surface area (Å²) >= 11 is 0. The summed E-state index contributed by atoms with van der Waals surface area (Å²) in [7, 11) is 0. The Morgan fingerprint density at radius 2 is 1.94 bits per heavy atom. The second-order valence-electron chi connectivity index (χ2n) is 4.70. The lowest BCUT2D eigenvalue weighted by Crippen LogP contribution is -2.03. The molecule has 0 aliphatic heterocycles. The normalized spacial score (nSPS) is 17.8. The van der Waals surface area contributed by atoms with E-state index in [1.165, 1.54) is 0 Å². The van der Waals surface area contributed by atoms with E-state index in [1.807, 2.05) is 31.2 Å². The first-order valence-corrected chi connectivity index (χ1v) is 6.15. The molecule has 0 heterocycles. The van der Waals surface area contributed by atoms with E-state index in [4.69, 9.17) is 5.11 Å². The third-order valence-electron chi connectivity index (χ3n) is 3.33. The largest absolute Gasteiger partial charge is 0.396 e. The smallest absolute Gasteiger partial charge is 0.155 e. The van der Waals surface area contributed by atoms with Gasteiger partial charge in [0.25, 0.3) is 0 Å². The molecule has 0 fully saturated rings. The third-order valence-corrected chi connectivity index (χ3v) is 3.33. The van der Waals surface area contributed by atoms with Crippen LogP contribution in [0.2, 0.25) is 0 Å². The van der Waals surface area contributed by atoms with Crippen molar-refractivity contribution in [2.75, 3.05) is 6.61 Å². The van der Waals surface area contributed by atoms with Crippen LogP contribution in [0.3, 0.4) is 0 Å². The fourth-order valence-electron chi connectivity index (χ4n) is 2.15. The fourth-order valence-corrected chi connectivity index (χ4v) is 2.15. The number of carbonyl (C=O) groups excluding carboxylic acids is 1. The van der Waals surface area contributed by atoms with Gasteiger partial charge in [0.2, 0.25) is 0 Å². The zero-order valence-electron chi connectivity index (χ0n) is 10.1. The lowest BCUT2D eigenvalue weighted by Gasteiger charge is -2.14. The molecule has 1 aromatic rings. The maximum atomic E-state index is 11.4. The SMILES string of the molecule is CC(CO)c1ccc(C2=CC(=O)CCC2)cc1. The van der Waals surface area contributed by atoms with Crippen molar-refractivity contribution in [1.29, 1.82) is 0 Å². The molecule has 90 valence electrons. The van der Waals surface area contributed by atoms with E-state index in [0.29, 0.717) is 6.42 Å². The van der Waals surface area contributed by atoms with E-state index in [2.05, 4.69) is 0 Å². The van der Waals surface area contributed by atoms with E-state index in [1.54, 1.807) is 6.08 Å². The van der Waals surface area contributed by atoms with Crippen LogP contribution in [-0.2, 0) is 4.79 Å². The number of hydrogen-bond acceptors (Lipinski definition) is 2. The average Bonchev–Trinajstić information content (AvgIpc) is 2.38. The molecule has 0 bridgehead atoms. The van der Waals surface area contributed by atoms with Crippen molar-refractivity contribution in [2.24, 2.45) is 0 Å². The van der Waals surface area contributed by atoms with Crippen LogP contribution in [0.5, 0.6) is 0 Å². The predicted molar refractivity (Wildman–Crippen MR) is 68.8 cm³/mol. The van der Waals surface area contributed by atoms with E-state index >= 15 is 0 Å². The van der Waals surface area contributed by atoms with E-state index in [9.17, 15) is 4.79 Å². The van der Waals surface area contributed by atoms with Crippen LogP contribution in [0, 0.1) is 0 Å². The van der Waals surface area contributed by atoms with Crippen LogP contribution in [-0.4, -0.2) is 17.5 Å².